The van der Waals surface area contributed by atoms with Gasteiger partial charge in [-0.05, 0) is 42.2 Å². The average molecular weight is 418 g/mol. The predicted octanol–water partition coefficient (Wildman–Crippen LogP) is 3.22. The van der Waals surface area contributed by atoms with Crippen LogP contribution >= 0.6 is 0 Å². The van der Waals surface area contributed by atoms with Crippen molar-refractivity contribution >= 4 is 17.3 Å². The van der Waals surface area contributed by atoms with Crippen molar-refractivity contribution in [2.75, 3.05) is 37.7 Å². The van der Waals surface area contributed by atoms with Gasteiger partial charge in [-0.25, -0.2) is 4.98 Å². The van der Waals surface area contributed by atoms with Crippen molar-refractivity contribution in [1.29, 1.82) is 0 Å². The van der Waals surface area contributed by atoms with Crippen molar-refractivity contribution in [3.05, 3.63) is 84.1 Å². The van der Waals surface area contributed by atoms with Crippen LogP contribution in [0, 0.1) is 0 Å². The summed E-state index contributed by atoms with van der Waals surface area (Å²) >= 11 is 0. The number of ether oxygens (including phenoxy) is 1. The number of carbonyl (C=O) groups excluding carboxylic acids is 1. The van der Waals surface area contributed by atoms with Gasteiger partial charge in [0.2, 0.25) is 11.8 Å². The van der Waals surface area contributed by atoms with E-state index in [9.17, 15) is 9.90 Å². The number of pyridine rings is 1. The summed E-state index contributed by atoms with van der Waals surface area (Å²) in [4.78, 5) is 21.4. The molecule has 160 valence electrons. The lowest BCUT2D eigenvalue weighted by molar-refractivity contribution is -0.119. The van der Waals surface area contributed by atoms with Crippen LogP contribution in [0.5, 0.6) is 5.88 Å². The summed E-state index contributed by atoms with van der Waals surface area (Å²) in [6.45, 7) is 1.46. The molecule has 4 rings (SSSR count). The van der Waals surface area contributed by atoms with Gasteiger partial charge in [0, 0.05) is 25.4 Å². The number of para-hydroxylation sites is 2. The smallest absolute Gasteiger partial charge is 0.245 e. The minimum absolute atomic E-state index is 0.0203. The molecular weight excluding hydrogens is 390 g/mol. The monoisotopic (exact) mass is 417 g/mol. The van der Waals surface area contributed by atoms with Crippen molar-refractivity contribution in [3.8, 4) is 5.88 Å². The number of aromatic nitrogens is 1. The molecule has 6 nitrogen and oxygen atoms in total. The van der Waals surface area contributed by atoms with Crippen molar-refractivity contribution in [3.63, 3.8) is 0 Å². The fourth-order valence-corrected chi connectivity index (χ4v) is 3.93. The number of hydrogen-bond donors (Lipinski definition) is 1. The molecule has 1 aliphatic rings. The van der Waals surface area contributed by atoms with E-state index in [4.69, 9.17) is 4.74 Å². The molecule has 6 heteroatoms. The van der Waals surface area contributed by atoms with Crippen LogP contribution in [0.2, 0.25) is 0 Å². The van der Waals surface area contributed by atoms with Crippen LogP contribution in [-0.2, 0) is 17.6 Å². The molecule has 0 saturated carbocycles. The van der Waals surface area contributed by atoms with Gasteiger partial charge in [0.15, 0.2) is 0 Å². The van der Waals surface area contributed by atoms with Crippen molar-refractivity contribution in [1.82, 2.24) is 9.88 Å². The molecule has 1 amide bonds. The molecule has 0 atom stereocenters. The molecule has 0 saturated heterocycles. The number of fused-ring (bicyclic) bond motifs is 2. The summed E-state index contributed by atoms with van der Waals surface area (Å²) in [5, 5.41) is 9.52. The maximum Gasteiger partial charge on any atom is 0.245 e. The highest BCUT2D eigenvalue weighted by atomic mass is 16.5. The SMILES string of the molecule is O=C(CN(CCO)CCOc1ccccn1)N1c2ccccc2CCc2ccccc21. The Bertz CT molecular complexity index is 962. The number of aliphatic hydroxyl groups is 1. The standard InChI is InChI=1S/C25H27N3O3/c29-17-15-27(16-18-31-24-11-5-6-14-26-24)19-25(30)28-22-9-3-1-7-20(22)12-13-21-8-2-4-10-23(21)28/h1-11,14,29H,12-13,15-19H2. The molecule has 0 bridgehead atoms. The van der Waals surface area contributed by atoms with Crippen LogP contribution in [-0.4, -0.2) is 53.7 Å². The summed E-state index contributed by atoms with van der Waals surface area (Å²) in [6, 6.07) is 21.7. The normalized spacial score (nSPS) is 12.8. The molecule has 1 aromatic heterocycles. The molecule has 0 fully saturated rings. The Kier molecular flexibility index (Phi) is 6.92. The summed E-state index contributed by atoms with van der Waals surface area (Å²) in [5.41, 5.74) is 4.20. The molecule has 0 spiro atoms. The Hall–Kier alpha value is -3.22. The summed E-state index contributed by atoms with van der Waals surface area (Å²) in [7, 11) is 0. The van der Waals surface area contributed by atoms with E-state index in [-0.39, 0.29) is 19.1 Å². The first-order valence-corrected chi connectivity index (χ1v) is 10.6. The van der Waals surface area contributed by atoms with Crippen LogP contribution in [0.1, 0.15) is 11.1 Å². The van der Waals surface area contributed by atoms with Crippen LogP contribution in [0.15, 0.2) is 72.9 Å². The van der Waals surface area contributed by atoms with Crippen LogP contribution < -0.4 is 9.64 Å². The Labute approximate surface area is 182 Å². The van der Waals surface area contributed by atoms with Gasteiger partial charge in [-0.1, -0.05) is 42.5 Å². The van der Waals surface area contributed by atoms with Crippen LogP contribution in [0.25, 0.3) is 0 Å². The predicted molar refractivity (Wildman–Crippen MR) is 121 cm³/mol. The third-order valence-electron chi connectivity index (χ3n) is 5.45. The topological polar surface area (TPSA) is 65.9 Å². The van der Waals surface area contributed by atoms with E-state index in [1.165, 1.54) is 11.1 Å². The fourth-order valence-electron chi connectivity index (χ4n) is 3.93. The van der Waals surface area contributed by atoms with Crippen molar-refractivity contribution < 1.29 is 14.6 Å². The first kappa shape index (κ1) is 21.0. The van der Waals surface area contributed by atoms with Crippen molar-refractivity contribution in [2.45, 2.75) is 12.8 Å². The number of hydrogen-bond acceptors (Lipinski definition) is 5. The highest BCUT2D eigenvalue weighted by Gasteiger charge is 2.26. The maximum absolute atomic E-state index is 13.5. The highest BCUT2D eigenvalue weighted by molar-refractivity contribution is 6.03. The van der Waals surface area contributed by atoms with Gasteiger partial charge in [0.1, 0.15) is 6.61 Å². The van der Waals surface area contributed by atoms with Gasteiger partial charge < -0.3 is 9.84 Å². The number of nitrogens with zero attached hydrogens (tertiary/aromatic N) is 3. The van der Waals surface area contributed by atoms with E-state index in [1.54, 1.807) is 12.3 Å². The molecule has 0 radical (unpaired) electrons. The summed E-state index contributed by atoms with van der Waals surface area (Å²) in [5.74, 6) is 0.529. The van der Waals surface area contributed by atoms with Crippen LogP contribution in [0.3, 0.4) is 0 Å². The zero-order chi connectivity index (χ0) is 21.5. The number of aryl methyl sites for hydroxylation is 2. The molecule has 3 aromatic rings. The second kappa shape index (κ2) is 10.2. The van der Waals surface area contributed by atoms with Gasteiger partial charge >= 0.3 is 0 Å². The summed E-state index contributed by atoms with van der Waals surface area (Å²) < 4.78 is 5.68. The minimum atomic E-state index is -0.0238. The fraction of sp³-hybridized carbons (Fsp3) is 0.280. The van der Waals surface area contributed by atoms with E-state index in [1.807, 2.05) is 58.3 Å². The maximum atomic E-state index is 13.5. The quantitative estimate of drug-likeness (QED) is 0.610. The number of rotatable bonds is 8. The Morgan fingerprint density at radius 3 is 2.19 bits per heavy atom. The lowest BCUT2D eigenvalue weighted by Crippen LogP contribution is -2.41. The Balaban J connectivity index is 1.51. The molecule has 2 heterocycles. The number of amides is 1. The third-order valence-corrected chi connectivity index (χ3v) is 5.45. The van der Waals surface area contributed by atoms with Gasteiger partial charge in [0.05, 0.1) is 24.5 Å². The second-order valence-electron chi connectivity index (χ2n) is 7.50. The number of anilines is 2. The molecule has 1 N–H and O–H groups in total. The lowest BCUT2D eigenvalue weighted by atomic mass is 10.0. The van der Waals surface area contributed by atoms with Gasteiger partial charge in [-0.3, -0.25) is 14.6 Å². The first-order valence-electron chi connectivity index (χ1n) is 10.6. The number of carbonyl (C=O) groups is 1. The zero-order valence-corrected chi connectivity index (χ0v) is 17.5. The first-order chi connectivity index (χ1) is 15.3. The third kappa shape index (κ3) is 5.10. The zero-order valence-electron chi connectivity index (χ0n) is 17.5. The van der Waals surface area contributed by atoms with Gasteiger partial charge in [-0.2, -0.15) is 0 Å². The minimum Gasteiger partial charge on any atom is -0.476 e. The van der Waals surface area contributed by atoms with E-state index in [2.05, 4.69) is 17.1 Å². The molecule has 1 aliphatic heterocycles. The number of aliphatic hydroxyl groups excluding tert-OH is 1. The molecule has 2 aromatic carbocycles. The van der Waals surface area contributed by atoms with Gasteiger partial charge in [0.25, 0.3) is 0 Å². The van der Waals surface area contributed by atoms with E-state index in [0.717, 1.165) is 24.2 Å². The Morgan fingerprint density at radius 1 is 0.935 bits per heavy atom. The summed E-state index contributed by atoms with van der Waals surface area (Å²) in [6.07, 6.45) is 3.48. The van der Waals surface area contributed by atoms with E-state index >= 15 is 0 Å². The number of benzene rings is 2. The highest BCUT2D eigenvalue weighted by Crippen LogP contribution is 2.36. The second-order valence-corrected chi connectivity index (χ2v) is 7.50. The van der Waals surface area contributed by atoms with E-state index in [0.29, 0.717) is 25.6 Å². The molecule has 0 unspecified atom stereocenters. The largest absolute Gasteiger partial charge is 0.476 e. The van der Waals surface area contributed by atoms with Gasteiger partial charge in [-0.15, -0.1) is 0 Å². The molecular formula is C25H27N3O3. The molecule has 0 aliphatic carbocycles. The van der Waals surface area contributed by atoms with E-state index < -0.39 is 0 Å². The average Bonchev–Trinajstić information content (AvgIpc) is 2.97. The van der Waals surface area contributed by atoms with Crippen LogP contribution in [0.4, 0.5) is 11.4 Å². The van der Waals surface area contributed by atoms with Crippen molar-refractivity contribution in [2.24, 2.45) is 0 Å². The molecule has 31 heavy (non-hydrogen) atoms. The lowest BCUT2D eigenvalue weighted by Gasteiger charge is -2.28. The Morgan fingerprint density at radius 2 is 1.58 bits per heavy atom.